The number of nitrogens with one attached hydrogen (secondary N) is 1. The van der Waals surface area contributed by atoms with E-state index in [0.717, 1.165) is 12.8 Å². The number of anilines is 1. The number of methoxy groups -OCH3 is 1. The molecule has 3 rings (SSSR count). The lowest BCUT2D eigenvalue weighted by Gasteiger charge is -2.23. The number of carboxylic acid groups (broad SMARTS) is 1. The number of likely N-dealkylation sites (tertiary alicyclic amines) is 1. The summed E-state index contributed by atoms with van der Waals surface area (Å²) in [6.07, 6.45) is 2.23. The van der Waals surface area contributed by atoms with E-state index in [0.29, 0.717) is 5.69 Å². The molecule has 1 amide bonds. The molecule has 2 N–H and O–H groups in total. The van der Waals surface area contributed by atoms with Crippen LogP contribution in [0.1, 0.15) is 29.6 Å². The fourth-order valence-corrected chi connectivity index (χ4v) is 3.24. The molecule has 1 aliphatic heterocycles. The van der Waals surface area contributed by atoms with E-state index in [2.05, 4.69) is 5.32 Å². The molecule has 1 aromatic rings. The van der Waals surface area contributed by atoms with Crippen molar-refractivity contribution in [3.63, 3.8) is 0 Å². The fraction of sp³-hybridized carbons (Fsp3) is 0.529. The standard InChI is InChI=1S/C17H21N3O6/c1-26-10-17(16(22)23)6-7-19(9-17)15(21)11-2-5-13(18-12-3-4-12)14(8-11)20(24)25/h2,5,8,12,18H,3-4,6-7,9-10H2,1H3,(H,22,23). The topological polar surface area (TPSA) is 122 Å². The van der Waals surface area contributed by atoms with E-state index in [1.54, 1.807) is 6.07 Å². The van der Waals surface area contributed by atoms with Crippen LogP contribution in [0.5, 0.6) is 0 Å². The maximum Gasteiger partial charge on any atom is 0.313 e. The second-order valence-electron chi connectivity index (χ2n) is 6.90. The van der Waals surface area contributed by atoms with Gasteiger partial charge in [-0.2, -0.15) is 0 Å². The van der Waals surface area contributed by atoms with E-state index in [4.69, 9.17) is 4.74 Å². The first kappa shape index (κ1) is 18.1. The van der Waals surface area contributed by atoms with Gasteiger partial charge >= 0.3 is 5.97 Å². The summed E-state index contributed by atoms with van der Waals surface area (Å²) in [6.45, 7) is 0.297. The number of rotatable bonds is 7. The number of hydrogen-bond donors (Lipinski definition) is 2. The van der Waals surface area contributed by atoms with Gasteiger partial charge in [-0.05, 0) is 31.4 Å². The summed E-state index contributed by atoms with van der Waals surface area (Å²) in [6, 6.07) is 4.58. The minimum absolute atomic E-state index is 0.0104. The Balaban J connectivity index is 1.80. The van der Waals surface area contributed by atoms with E-state index in [9.17, 15) is 24.8 Å². The zero-order chi connectivity index (χ0) is 18.9. The lowest BCUT2D eigenvalue weighted by atomic mass is 9.88. The number of ether oxygens (including phenoxy) is 1. The molecule has 2 fully saturated rings. The highest BCUT2D eigenvalue weighted by molar-refractivity contribution is 5.96. The van der Waals surface area contributed by atoms with Gasteiger partial charge in [0, 0.05) is 37.9 Å². The molecule has 0 spiro atoms. The average molecular weight is 363 g/mol. The number of nitro groups is 1. The summed E-state index contributed by atoms with van der Waals surface area (Å²) in [4.78, 5) is 36.6. The van der Waals surface area contributed by atoms with Crippen LogP contribution in [0.3, 0.4) is 0 Å². The first-order valence-electron chi connectivity index (χ1n) is 8.43. The van der Waals surface area contributed by atoms with Crippen LogP contribution in [0.25, 0.3) is 0 Å². The smallest absolute Gasteiger partial charge is 0.313 e. The Kier molecular flexibility index (Phi) is 4.82. The molecule has 0 aromatic heterocycles. The molecule has 1 unspecified atom stereocenters. The fourth-order valence-electron chi connectivity index (χ4n) is 3.24. The molecule has 0 bridgehead atoms. The number of carbonyl (C=O) groups is 2. The number of carbonyl (C=O) groups excluding carboxylic acids is 1. The summed E-state index contributed by atoms with van der Waals surface area (Å²) < 4.78 is 5.02. The Bertz CT molecular complexity index is 748. The quantitative estimate of drug-likeness (QED) is 0.559. The maximum absolute atomic E-state index is 12.7. The second kappa shape index (κ2) is 6.91. The molecule has 0 radical (unpaired) electrons. The van der Waals surface area contributed by atoms with Crippen molar-refractivity contribution in [1.29, 1.82) is 0 Å². The first-order valence-corrected chi connectivity index (χ1v) is 8.43. The third-order valence-corrected chi connectivity index (χ3v) is 4.89. The average Bonchev–Trinajstić information content (AvgIpc) is 3.31. The van der Waals surface area contributed by atoms with Crippen LogP contribution in [-0.4, -0.2) is 59.7 Å². The zero-order valence-corrected chi connectivity index (χ0v) is 14.4. The minimum atomic E-state index is -1.14. The molecule has 1 aromatic carbocycles. The number of carboxylic acids is 1. The van der Waals surface area contributed by atoms with Gasteiger partial charge in [0.2, 0.25) is 0 Å². The van der Waals surface area contributed by atoms with Crippen LogP contribution >= 0.6 is 0 Å². The van der Waals surface area contributed by atoms with Crippen LogP contribution in [0.4, 0.5) is 11.4 Å². The normalized spacial score (nSPS) is 22.3. The number of hydrogen-bond acceptors (Lipinski definition) is 6. The summed E-state index contributed by atoms with van der Waals surface area (Å²) in [7, 11) is 1.42. The van der Waals surface area contributed by atoms with Gasteiger partial charge in [0.25, 0.3) is 11.6 Å². The highest BCUT2D eigenvalue weighted by atomic mass is 16.6. The third-order valence-electron chi connectivity index (χ3n) is 4.89. The Labute approximate surface area is 150 Å². The molecule has 9 nitrogen and oxygen atoms in total. The van der Waals surface area contributed by atoms with E-state index >= 15 is 0 Å². The number of nitro benzene ring substituents is 1. The molecule has 1 saturated heterocycles. The Morgan fingerprint density at radius 3 is 2.77 bits per heavy atom. The summed E-state index contributed by atoms with van der Waals surface area (Å²) in [5.41, 5.74) is -0.709. The number of nitrogens with zero attached hydrogens (tertiary/aromatic N) is 2. The maximum atomic E-state index is 12.7. The number of amides is 1. The third kappa shape index (κ3) is 3.48. The van der Waals surface area contributed by atoms with Gasteiger partial charge in [-0.1, -0.05) is 0 Å². The first-order chi connectivity index (χ1) is 12.4. The van der Waals surface area contributed by atoms with Crippen molar-refractivity contribution in [2.75, 3.05) is 32.1 Å². The Hall–Kier alpha value is -2.68. The lowest BCUT2D eigenvalue weighted by Crippen LogP contribution is -2.40. The summed E-state index contributed by atoms with van der Waals surface area (Å²) in [5.74, 6) is -1.42. The van der Waals surface area contributed by atoms with Gasteiger partial charge in [-0.25, -0.2) is 0 Å². The van der Waals surface area contributed by atoms with Gasteiger partial charge in [-0.15, -0.1) is 0 Å². The minimum Gasteiger partial charge on any atom is -0.481 e. The highest BCUT2D eigenvalue weighted by Crippen LogP contribution is 2.34. The van der Waals surface area contributed by atoms with Crippen LogP contribution in [0.2, 0.25) is 0 Å². The van der Waals surface area contributed by atoms with Gasteiger partial charge in [0.15, 0.2) is 0 Å². The lowest BCUT2D eigenvalue weighted by molar-refractivity contribution is -0.384. The molecule has 1 atom stereocenters. The molecule has 1 heterocycles. The van der Waals surface area contributed by atoms with Crippen molar-refractivity contribution in [3.8, 4) is 0 Å². The highest BCUT2D eigenvalue weighted by Gasteiger charge is 2.46. The molecule has 26 heavy (non-hydrogen) atoms. The van der Waals surface area contributed by atoms with Crippen LogP contribution in [0, 0.1) is 15.5 Å². The molecule has 1 saturated carbocycles. The van der Waals surface area contributed by atoms with Crippen molar-refractivity contribution >= 4 is 23.3 Å². The Morgan fingerprint density at radius 1 is 1.46 bits per heavy atom. The van der Waals surface area contributed by atoms with Gasteiger partial charge in [0.05, 0.1) is 11.5 Å². The molecule has 9 heteroatoms. The van der Waals surface area contributed by atoms with Crippen molar-refractivity contribution in [2.24, 2.45) is 5.41 Å². The molecule has 2 aliphatic rings. The van der Waals surface area contributed by atoms with Gasteiger partial charge < -0.3 is 20.1 Å². The van der Waals surface area contributed by atoms with E-state index in [1.165, 1.54) is 24.1 Å². The summed E-state index contributed by atoms with van der Waals surface area (Å²) in [5, 5.41) is 23.9. The summed E-state index contributed by atoms with van der Waals surface area (Å²) >= 11 is 0. The van der Waals surface area contributed by atoms with Gasteiger partial charge in [0.1, 0.15) is 11.1 Å². The van der Waals surface area contributed by atoms with Crippen molar-refractivity contribution in [3.05, 3.63) is 33.9 Å². The predicted octanol–water partition coefficient (Wildman–Crippen LogP) is 1.73. The van der Waals surface area contributed by atoms with E-state index < -0.39 is 22.2 Å². The zero-order valence-electron chi connectivity index (χ0n) is 14.4. The van der Waals surface area contributed by atoms with Crippen molar-refractivity contribution in [1.82, 2.24) is 4.90 Å². The van der Waals surface area contributed by atoms with Gasteiger partial charge in [-0.3, -0.25) is 19.7 Å². The van der Waals surface area contributed by atoms with Crippen molar-refractivity contribution < 1.29 is 24.4 Å². The monoisotopic (exact) mass is 363 g/mol. The predicted molar refractivity (Wildman–Crippen MR) is 92.2 cm³/mol. The van der Waals surface area contributed by atoms with Crippen LogP contribution < -0.4 is 5.32 Å². The van der Waals surface area contributed by atoms with Crippen LogP contribution in [0.15, 0.2) is 18.2 Å². The molecular weight excluding hydrogens is 342 g/mol. The molecule has 140 valence electrons. The molecule has 1 aliphatic carbocycles. The van der Waals surface area contributed by atoms with E-state index in [1.807, 2.05) is 0 Å². The second-order valence-corrected chi connectivity index (χ2v) is 6.90. The largest absolute Gasteiger partial charge is 0.481 e. The number of benzene rings is 1. The molecular formula is C17H21N3O6. The van der Waals surface area contributed by atoms with E-state index in [-0.39, 0.29) is 43.4 Å². The van der Waals surface area contributed by atoms with Crippen LogP contribution in [-0.2, 0) is 9.53 Å². The number of aliphatic carboxylic acids is 1. The Morgan fingerprint density at radius 2 is 2.19 bits per heavy atom. The van der Waals surface area contributed by atoms with Crippen molar-refractivity contribution in [2.45, 2.75) is 25.3 Å². The SMILES string of the molecule is COCC1(C(=O)O)CCN(C(=O)c2ccc(NC3CC3)c([N+](=O)[O-])c2)C1.